The molecule has 1 aromatic heterocycles. The van der Waals surface area contributed by atoms with Gasteiger partial charge in [0, 0.05) is 30.2 Å². The Bertz CT molecular complexity index is 429. The summed E-state index contributed by atoms with van der Waals surface area (Å²) < 4.78 is 0. The summed E-state index contributed by atoms with van der Waals surface area (Å²) in [6, 6.07) is 2.11. The van der Waals surface area contributed by atoms with Gasteiger partial charge in [-0.3, -0.25) is 9.59 Å². The molecule has 98 valence electrons. The Morgan fingerprint density at radius 2 is 2.17 bits per heavy atom. The fourth-order valence-electron chi connectivity index (χ4n) is 2.31. The van der Waals surface area contributed by atoms with Crippen molar-refractivity contribution in [3.8, 4) is 0 Å². The van der Waals surface area contributed by atoms with E-state index < -0.39 is 0 Å². The summed E-state index contributed by atoms with van der Waals surface area (Å²) in [6.07, 6.45) is 3.50. The van der Waals surface area contributed by atoms with Crippen molar-refractivity contribution in [1.29, 1.82) is 0 Å². The third kappa shape index (κ3) is 3.42. The molecule has 1 heterocycles. The third-order valence-electron chi connectivity index (χ3n) is 3.53. The number of rotatable bonds is 4. The average molecular weight is 265 g/mol. The lowest BCUT2D eigenvalue weighted by Crippen LogP contribution is -2.34. The zero-order valence-corrected chi connectivity index (χ0v) is 11.5. The zero-order chi connectivity index (χ0) is 13.0. The molecule has 18 heavy (non-hydrogen) atoms. The van der Waals surface area contributed by atoms with Gasteiger partial charge in [-0.2, -0.15) is 0 Å². The van der Waals surface area contributed by atoms with Crippen LogP contribution in [0, 0.1) is 12.8 Å². The predicted octanol–water partition coefficient (Wildman–Crippen LogP) is 2.47. The molecule has 1 fully saturated rings. The number of amides is 1. The van der Waals surface area contributed by atoms with Gasteiger partial charge in [-0.25, -0.2) is 0 Å². The molecule has 1 amide bonds. The van der Waals surface area contributed by atoms with E-state index in [1.807, 2.05) is 0 Å². The van der Waals surface area contributed by atoms with Gasteiger partial charge in [0.1, 0.15) is 5.78 Å². The Hall–Kier alpha value is -1.16. The van der Waals surface area contributed by atoms with Crippen LogP contribution in [0.25, 0.3) is 0 Å². The summed E-state index contributed by atoms with van der Waals surface area (Å²) in [4.78, 5) is 24.3. The van der Waals surface area contributed by atoms with Crippen LogP contribution in [0.3, 0.4) is 0 Å². The number of thiophene rings is 1. The molecule has 4 heteroatoms. The summed E-state index contributed by atoms with van der Waals surface area (Å²) in [5.41, 5.74) is 1.30. The van der Waals surface area contributed by atoms with E-state index in [1.165, 1.54) is 10.4 Å². The summed E-state index contributed by atoms with van der Waals surface area (Å²) in [6.45, 7) is 2.80. The van der Waals surface area contributed by atoms with Crippen LogP contribution in [0.2, 0.25) is 0 Å². The summed E-state index contributed by atoms with van der Waals surface area (Å²) >= 11 is 1.74. The SMILES string of the molecule is Cc1ccsc1CCNC(=O)C1CCC(=O)CC1. The van der Waals surface area contributed by atoms with Crippen LogP contribution in [0.15, 0.2) is 11.4 Å². The fourth-order valence-corrected chi connectivity index (χ4v) is 3.22. The predicted molar refractivity (Wildman–Crippen MR) is 72.7 cm³/mol. The standard InChI is InChI=1S/C14H19NO2S/c1-10-7-9-18-13(10)6-8-15-14(17)11-2-4-12(16)5-3-11/h7,9,11H,2-6,8H2,1H3,(H,15,17). The monoisotopic (exact) mass is 265 g/mol. The number of ketones is 1. The number of aryl methyl sites for hydroxylation is 1. The Morgan fingerprint density at radius 1 is 1.44 bits per heavy atom. The van der Waals surface area contributed by atoms with Crippen LogP contribution in [0.4, 0.5) is 0 Å². The first kappa shape index (κ1) is 13.3. The first-order valence-corrected chi connectivity index (χ1v) is 7.37. The van der Waals surface area contributed by atoms with Crippen LogP contribution < -0.4 is 5.32 Å². The zero-order valence-electron chi connectivity index (χ0n) is 10.7. The van der Waals surface area contributed by atoms with Gasteiger partial charge in [-0.05, 0) is 43.2 Å². The molecule has 2 rings (SSSR count). The first-order valence-electron chi connectivity index (χ1n) is 6.49. The van der Waals surface area contributed by atoms with E-state index in [0.717, 1.165) is 19.3 Å². The molecular weight excluding hydrogens is 246 g/mol. The second-order valence-electron chi connectivity index (χ2n) is 4.88. The molecule has 0 aliphatic heterocycles. The molecule has 0 saturated heterocycles. The highest BCUT2D eigenvalue weighted by atomic mass is 32.1. The Labute approximate surface area is 112 Å². The number of Topliss-reactive ketones (excluding diaryl/α,β-unsaturated/α-hetero) is 1. The number of nitrogens with one attached hydrogen (secondary N) is 1. The van der Waals surface area contributed by atoms with Crippen molar-refractivity contribution in [2.45, 2.75) is 39.0 Å². The highest BCUT2D eigenvalue weighted by Crippen LogP contribution is 2.21. The molecule has 0 spiro atoms. The van der Waals surface area contributed by atoms with Crippen molar-refractivity contribution in [2.75, 3.05) is 6.54 Å². The fraction of sp³-hybridized carbons (Fsp3) is 0.571. The normalized spacial score (nSPS) is 16.8. The lowest BCUT2D eigenvalue weighted by atomic mass is 9.88. The minimum Gasteiger partial charge on any atom is -0.356 e. The van der Waals surface area contributed by atoms with Crippen molar-refractivity contribution in [1.82, 2.24) is 5.32 Å². The maximum Gasteiger partial charge on any atom is 0.223 e. The second kappa shape index (κ2) is 6.14. The smallest absolute Gasteiger partial charge is 0.223 e. The Morgan fingerprint density at radius 3 is 2.78 bits per heavy atom. The second-order valence-corrected chi connectivity index (χ2v) is 5.88. The van der Waals surface area contributed by atoms with E-state index in [1.54, 1.807) is 11.3 Å². The van der Waals surface area contributed by atoms with Gasteiger partial charge in [-0.15, -0.1) is 11.3 Å². The number of hydrogen-bond acceptors (Lipinski definition) is 3. The van der Waals surface area contributed by atoms with Crippen molar-refractivity contribution < 1.29 is 9.59 Å². The van der Waals surface area contributed by atoms with E-state index in [0.29, 0.717) is 25.2 Å². The molecule has 0 unspecified atom stereocenters. The van der Waals surface area contributed by atoms with Gasteiger partial charge in [0.2, 0.25) is 5.91 Å². The largest absolute Gasteiger partial charge is 0.356 e. The van der Waals surface area contributed by atoms with Gasteiger partial charge in [0.15, 0.2) is 0 Å². The lowest BCUT2D eigenvalue weighted by molar-refractivity contribution is -0.128. The van der Waals surface area contributed by atoms with Crippen LogP contribution in [0.5, 0.6) is 0 Å². The quantitative estimate of drug-likeness (QED) is 0.909. The van der Waals surface area contributed by atoms with E-state index in [4.69, 9.17) is 0 Å². The van der Waals surface area contributed by atoms with Crippen LogP contribution >= 0.6 is 11.3 Å². The summed E-state index contributed by atoms with van der Waals surface area (Å²) in [5.74, 6) is 0.470. The van der Waals surface area contributed by atoms with Crippen molar-refractivity contribution >= 4 is 23.0 Å². The van der Waals surface area contributed by atoms with Crippen LogP contribution in [-0.4, -0.2) is 18.2 Å². The Balaban J connectivity index is 1.72. The molecule has 3 nitrogen and oxygen atoms in total. The van der Waals surface area contributed by atoms with Crippen molar-refractivity contribution in [2.24, 2.45) is 5.92 Å². The van der Waals surface area contributed by atoms with E-state index >= 15 is 0 Å². The molecular formula is C14H19NO2S. The molecule has 0 aromatic carbocycles. The van der Waals surface area contributed by atoms with Crippen LogP contribution in [0.1, 0.15) is 36.1 Å². The summed E-state index contributed by atoms with van der Waals surface area (Å²) in [7, 11) is 0. The maximum atomic E-state index is 11.9. The molecule has 0 bridgehead atoms. The van der Waals surface area contributed by atoms with Gasteiger partial charge in [0.05, 0.1) is 0 Å². The summed E-state index contributed by atoms with van der Waals surface area (Å²) in [5, 5.41) is 5.07. The number of carbonyl (C=O) groups excluding carboxylic acids is 2. The first-order chi connectivity index (χ1) is 8.66. The van der Waals surface area contributed by atoms with Gasteiger partial charge < -0.3 is 5.32 Å². The third-order valence-corrected chi connectivity index (χ3v) is 4.62. The maximum absolute atomic E-state index is 11.9. The number of hydrogen-bond donors (Lipinski definition) is 1. The minimum absolute atomic E-state index is 0.0483. The van der Waals surface area contributed by atoms with Gasteiger partial charge >= 0.3 is 0 Å². The highest BCUT2D eigenvalue weighted by molar-refractivity contribution is 7.10. The van der Waals surface area contributed by atoms with E-state index in [-0.39, 0.29) is 11.8 Å². The molecule has 0 atom stereocenters. The van der Waals surface area contributed by atoms with E-state index in [2.05, 4.69) is 23.7 Å². The van der Waals surface area contributed by atoms with Crippen molar-refractivity contribution in [3.63, 3.8) is 0 Å². The average Bonchev–Trinajstić information content (AvgIpc) is 2.76. The minimum atomic E-state index is 0.0483. The molecule has 1 N–H and O–H groups in total. The Kier molecular flexibility index (Phi) is 4.53. The van der Waals surface area contributed by atoms with Gasteiger partial charge in [0.25, 0.3) is 0 Å². The molecule has 0 radical (unpaired) electrons. The highest BCUT2D eigenvalue weighted by Gasteiger charge is 2.24. The van der Waals surface area contributed by atoms with Crippen molar-refractivity contribution in [3.05, 3.63) is 21.9 Å². The topological polar surface area (TPSA) is 46.2 Å². The molecule has 1 aliphatic rings. The molecule has 1 aromatic rings. The molecule has 1 aliphatic carbocycles. The molecule has 1 saturated carbocycles. The van der Waals surface area contributed by atoms with Gasteiger partial charge in [-0.1, -0.05) is 0 Å². The van der Waals surface area contributed by atoms with E-state index in [9.17, 15) is 9.59 Å². The number of carbonyl (C=O) groups is 2. The van der Waals surface area contributed by atoms with Crippen LogP contribution in [-0.2, 0) is 16.0 Å². The lowest BCUT2D eigenvalue weighted by Gasteiger charge is -2.20.